The van der Waals surface area contributed by atoms with E-state index in [1.165, 1.54) is 23.5 Å². The number of hydrogen-bond acceptors (Lipinski definition) is 5. The van der Waals surface area contributed by atoms with E-state index in [0.717, 1.165) is 53.0 Å². The van der Waals surface area contributed by atoms with Crippen LogP contribution < -0.4 is 4.74 Å². The van der Waals surface area contributed by atoms with Crippen molar-refractivity contribution in [2.45, 2.75) is 32.8 Å². The van der Waals surface area contributed by atoms with Crippen LogP contribution in [0.1, 0.15) is 39.2 Å². The van der Waals surface area contributed by atoms with Crippen LogP contribution in [-0.2, 0) is 0 Å². The molecule has 0 bridgehead atoms. The first-order valence-corrected chi connectivity index (χ1v) is 13.3. The number of aromatic hydroxyl groups is 1. The summed E-state index contributed by atoms with van der Waals surface area (Å²) in [4.78, 5) is 16.6. The fourth-order valence-electron chi connectivity index (χ4n) is 5.19. The molecule has 1 aromatic heterocycles. The number of benzene rings is 3. The molecule has 5 rings (SSSR count). The van der Waals surface area contributed by atoms with Crippen molar-refractivity contribution in [3.05, 3.63) is 82.0 Å². The van der Waals surface area contributed by atoms with Gasteiger partial charge in [0.1, 0.15) is 23.4 Å². The van der Waals surface area contributed by atoms with Crippen molar-refractivity contribution in [3.63, 3.8) is 0 Å². The number of likely N-dealkylation sites (tertiary alicyclic amines) is 1. The fraction of sp³-hybridized carbons (Fsp3) is 0.300. The normalized spacial score (nSPS) is 15.9. The number of thiophene rings is 1. The third-order valence-electron chi connectivity index (χ3n) is 6.89. The SMILES string of the molecule is Cc1cc(F)cc(C)c1C(=O)c1sc2cc(O)ccc2c1-c1ccc(O[C@@H]2CCN(CCCF)C2)cc1. The molecule has 7 heteroatoms. The number of hydrogen-bond donors (Lipinski definition) is 1. The van der Waals surface area contributed by atoms with E-state index < -0.39 is 0 Å². The molecule has 1 aliphatic heterocycles. The lowest BCUT2D eigenvalue weighted by Crippen LogP contribution is -2.26. The second-order valence-electron chi connectivity index (χ2n) is 9.63. The summed E-state index contributed by atoms with van der Waals surface area (Å²) in [5.74, 6) is 0.354. The number of alkyl halides is 1. The van der Waals surface area contributed by atoms with Crippen molar-refractivity contribution in [1.29, 1.82) is 0 Å². The monoisotopic (exact) mass is 521 g/mol. The first kappa shape index (κ1) is 25.4. The van der Waals surface area contributed by atoms with E-state index in [4.69, 9.17) is 4.74 Å². The van der Waals surface area contributed by atoms with Crippen molar-refractivity contribution in [3.8, 4) is 22.6 Å². The van der Waals surface area contributed by atoms with Gasteiger partial charge in [-0.1, -0.05) is 12.1 Å². The zero-order valence-electron chi connectivity index (χ0n) is 20.9. The van der Waals surface area contributed by atoms with Gasteiger partial charge in [0.15, 0.2) is 0 Å². The standard InChI is InChI=1S/C30H29F2NO3S/c1-18-14-21(32)15-19(2)27(18)29(35)30-28(25-9-6-22(34)16-26(25)37-30)20-4-7-23(8-5-20)36-24-10-13-33(17-24)12-3-11-31/h4-9,14-16,24,34H,3,10-13,17H2,1-2H3/t24-/m1/s1. The highest BCUT2D eigenvalue weighted by molar-refractivity contribution is 7.21. The van der Waals surface area contributed by atoms with Gasteiger partial charge in [-0.25, -0.2) is 4.39 Å². The van der Waals surface area contributed by atoms with Crippen LogP contribution in [0.25, 0.3) is 21.2 Å². The lowest BCUT2D eigenvalue weighted by Gasteiger charge is -2.16. The number of fused-ring (bicyclic) bond motifs is 1. The number of carbonyl (C=O) groups excluding carboxylic acids is 1. The quantitative estimate of drug-likeness (QED) is 0.252. The van der Waals surface area contributed by atoms with Crippen molar-refractivity contribution < 1.29 is 23.4 Å². The van der Waals surface area contributed by atoms with Gasteiger partial charge in [0.05, 0.1) is 11.6 Å². The molecule has 0 unspecified atom stereocenters. The highest BCUT2D eigenvalue weighted by atomic mass is 32.1. The Morgan fingerprint density at radius 1 is 1.11 bits per heavy atom. The first-order chi connectivity index (χ1) is 17.8. The molecule has 1 fully saturated rings. The van der Waals surface area contributed by atoms with Gasteiger partial charge >= 0.3 is 0 Å². The Labute approximate surface area is 219 Å². The average molecular weight is 522 g/mol. The van der Waals surface area contributed by atoms with Crippen LogP contribution in [0, 0.1) is 19.7 Å². The van der Waals surface area contributed by atoms with Crippen LogP contribution in [0.4, 0.5) is 8.78 Å². The largest absolute Gasteiger partial charge is 0.508 e. The summed E-state index contributed by atoms with van der Waals surface area (Å²) < 4.78 is 33.4. The predicted octanol–water partition coefficient (Wildman–Crippen LogP) is 7.07. The molecule has 1 atom stereocenters. The van der Waals surface area contributed by atoms with E-state index in [-0.39, 0.29) is 30.1 Å². The van der Waals surface area contributed by atoms with Gasteiger partial charge in [0.25, 0.3) is 0 Å². The van der Waals surface area contributed by atoms with E-state index in [1.807, 2.05) is 30.3 Å². The number of halogens is 2. The van der Waals surface area contributed by atoms with Crippen molar-refractivity contribution in [1.82, 2.24) is 4.90 Å². The molecule has 1 saturated heterocycles. The van der Waals surface area contributed by atoms with Crippen LogP contribution in [0.15, 0.2) is 54.6 Å². The number of phenols is 1. The molecule has 0 spiro atoms. The van der Waals surface area contributed by atoms with E-state index in [0.29, 0.717) is 28.0 Å². The minimum absolute atomic E-state index is 0.0666. The van der Waals surface area contributed by atoms with Gasteiger partial charge in [0, 0.05) is 40.8 Å². The minimum atomic E-state index is -0.364. The molecule has 4 aromatic rings. The molecule has 0 radical (unpaired) electrons. The molecule has 1 N–H and O–H groups in total. The summed E-state index contributed by atoms with van der Waals surface area (Å²) in [5, 5.41) is 10.9. The van der Waals surface area contributed by atoms with Gasteiger partial charge in [-0.2, -0.15) is 0 Å². The fourth-order valence-corrected chi connectivity index (χ4v) is 6.39. The molecule has 0 amide bonds. The molecular formula is C30H29F2NO3S. The number of ketones is 1. The Bertz CT molecular complexity index is 1420. The third kappa shape index (κ3) is 5.24. The van der Waals surface area contributed by atoms with E-state index in [1.54, 1.807) is 26.0 Å². The highest BCUT2D eigenvalue weighted by Gasteiger charge is 2.25. The number of rotatable bonds is 8. The zero-order chi connectivity index (χ0) is 26.1. The maximum absolute atomic E-state index is 13.9. The smallest absolute Gasteiger partial charge is 0.204 e. The predicted molar refractivity (Wildman–Crippen MR) is 144 cm³/mol. The van der Waals surface area contributed by atoms with Gasteiger partial charge in [-0.3, -0.25) is 14.1 Å². The Balaban J connectivity index is 1.48. The zero-order valence-corrected chi connectivity index (χ0v) is 21.7. The molecule has 0 saturated carbocycles. The van der Waals surface area contributed by atoms with Crippen LogP contribution in [0.2, 0.25) is 0 Å². The number of aryl methyl sites for hydroxylation is 2. The van der Waals surface area contributed by atoms with E-state index >= 15 is 0 Å². The van der Waals surface area contributed by atoms with Crippen LogP contribution >= 0.6 is 11.3 Å². The molecule has 0 aliphatic carbocycles. The molecular weight excluding hydrogens is 492 g/mol. The number of nitrogens with zero attached hydrogens (tertiary/aromatic N) is 1. The molecule has 2 heterocycles. The van der Waals surface area contributed by atoms with Crippen molar-refractivity contribution in [2.75, 3.05) is 26.3 Å². The number of carbonyl (C=O) groups is 1. The summed E-state index contributed by atoms with van der Waals surface area (Å²) in [6, 6.07) is 15.6. The second-order valence-corrected chi connectivity index (χ2v) is 10.7. The second kappa shape index (κ2) is 10.6. The van der Waals surface area contributed by atoms with Gasteiger partial charge in [-0.05, 0) is 85.8 Å². The molecule has 4 nitrogen and oxygen atoms in total. The van der Waals surface area contributed by atoms with Gasteiger partial charge in [0.2, 0.25) is 5.78 Å². The number of phenolic OH excluding ortho intramolecular Hbond substituents is 1. The minimum Gasteiger partial charge on any atom is -0.508 e. The van der Waals surface area contributed by atoms with Crippen LogP contribution in [-0.4, -0.2) is 48.2 Å². The van der Waals surface area contributed by atoms with Crippen LogP contribution in [0.5, 0.6) is 11.5 Å². The van der Waals surface area contributed by atoms with Gasteiger partial charge in [-0.15, -0.1) is 11.3 Å². The topological polar surface area (TPSA) is 49.8 Å². The summed E-state index contributed by atoms with van der Waals surface area (Å²) in [6.07, 6.45) is 1.52. The third-order valence-corrected chi connectivity index (χ3v) is 8.04. The maximum atomic E-state index is 13.9. The Morgan fingerprint density at radius 2 is 1.84 bits per heavy atom. The van der Waals surface area contributed by atoms with E-state index in [9.17, 15) is 18.7 Å². The lowest BCUT2D eigenvalue weighted by molar-refractivity contribution is 0.104. The summed E-state index contributed by atoms with van der Waals surface area (Å²) >= 11 is 1.33. The Morgan fingerprint density at radius 3 is 2.54 bits per heavy atom. The maximum Gasteiger partial charge on any atom is 0.204 e. The number of ether oxygens (including phenoxy) is 1. The highest BCUT2D eigenvalue weighted by Crippen LogP contribution is 2.42. The van der Waals surface area contributed by atoms with Crippen molar-refractivity contribution in [2.24, 2.45) is 0 Å². The first-order valence-electron chi connectivity index (χ1n) is 12.5. The summed E-state index contributed by atoms with van der Waals surface area (Å²) in [7, 11) is 0. The molecule has 3 aromatic carbocycles. The summed E-state index contributed by atoms with van der Waals surface area (Å²) in [5.41, 5.74) is 3.33. The lowest BCUT2D eigenvalue weighted by atomic mass is 9.94. The molecule has 1 aliphatic rings. The Hall–Kier alpha value is -3.29. The van der Waals surface area contributed by atoms with E-state index in [2.05, 4.69) is 4.90 Å². The van der Waals surface area contributed by atoms with Crippen LogP contribution in [0.3, 0.4) is 0 Å². The van der Waals surface area contributed by atoms with Gasteiger partial charge < -0.3 is 9.84 Å². The Kier molecular flexibility index (Phi) is 7.26. The van der Waals surface area contributed by atoms with Crippen molar-refractivity contribution >= 4 is 27.2 Å². The summed E-state index contributed by atoms with van der Waals surface area (Å²) in [6.45, 7) is 5.64. The molecule has 37 heavy (non-hydrogen) atoms. The average Bonchev–Trinajstić information content (AvgIpc) is 3.46. The molecule has 192 valence electrons.